The van der Waals surface area contributed by atoms with Crippen LogP contribution in [0.2, 0.25) is 0 Å². The second kappa shape index (κ2) is 6.98. The van der Waals surface area contributed by atoms with Crippen molar-refractivity contribution in [1.82, 2.24) is 14.5 Å². The van der Waals surface area contributed by atoms with Crippen molar-refractivity contribution in [3.63, 3.8) is 0 Å². The zero-order chi connectivity index (χ0) is 18.4. The highest BCUT2D eigenvalue weighted by molar-refractivity contribution is 7.99. The summed E-state index contributed by atoms with van der Waals surface area (Å²) in [5.41, 5.74) is 1.21. The third-order valence-corrected chi connectivity index (χ3v) is 7.20. The van der Waals surface area contributed by atoms with Gasteiger partial charge < -0.3 is 9.64 Å². The van der Waals surface area contributed by atoms with E-state index in [2.05, 4.69) is 0 Å². The fraction of sp³-hybridized carbons (Fsp3) is 0.611. The van der Waals surface area contributed by atoms with E-state index in [9.17, 15) is 9.59 Å². The van der Waals surface area contributed by atoms with Crippen LogP contribution in [-0.2, 0) is 29.4 Å². The number of hydrogen-bond donors (Lipinski definition) is 0. The molecule has 1 saturated heterocycles. The van der Waals surface area contributed by atoms with E-state index in [0.717, 1.165) is 29.5 Å². The van der Waals surface area contributed by atoms with E-state index in [-0.39, 0.29) is 29.4 Å². The molecule has 1 fully saturated rings. The van der Waals surface area contributed by atoms with Crippen LogP contribution in [0.1, 0.15) is 30.7 Å². The van der Waals surface area contributed by atoms with Crippen molar-refractivity contribution in [2.24, 2.45) is 7.05 Å². The molecule has 0 bridgehead atoms. The molecule has 4 rings (SSSR count). The molecule has 2 aromatic rings. The fourth-order valence-corrected chi connectivity index (χ4v) is 6.01. The number of aryl methyl sites for hydroxylation is 2. The standard InChI is InChI=1S/C18H23N3O3S2/c1-10-7-21(8-11(2)24-10)14(22)9-25-18-19-16-15(17(23)20(18)3)12-5-4-6-13(12)26-16/h10-11H,4-9H2,1-3H3. The summed E-state index contributed by atoms with van der Waals surface area (Å²) in [5.74, 6) is 0.357. The van der Waals surface area contributed by atoms with Crippen molar-refractivity contribution in [2.45, 2.75) is 50.5 Å². The molecule has 8 heteroatoms. The molecule has 1 aliphatic heterocycles. The highest BCUT2D eigenvalue weighted by Crippen LogP contribution is 2.35. The number of amides is 1. The summed E-state index contributed by atoms with van der Waals surface area (Å²) in [6.07, 6.45) is 3.26. The Bertz CT molecular complexity index is 911. The summed E-state index contributed by atoms with van der Waals surface area (Å²) in [4.78, 5) is 34.0. The summed E-state index contributed by atoms with van der Waals surface area (Å²) in [6, 6.07) is 0. The van der Waals surface area contributed by atoms with Gasteiger partial charge in [0.05, 0.1) is 23.3 Å². The lowest BCUT2D eigenvalue weighted by atomic mass is 10.2. The van der Waals surface area contributed by atoms with Gasteiger partial charge in [0, 0.05) is 25.0 Å². The van der Waals surface area contributed by atoms with E-state index in [1.807, 2.05) is 18.7 Å². The second-order valence-corrected chi connectivity index (χ2v) is 9.17. The summed E-state index contributed by atoms with van der Waals surface area (Å²) < 4.78 is 7.28. The molecule has 2 unspecified atom stereocenters. The molecule has 0 spiro atoms. The molecule has 140 valence electrons. The predicted molar refractivity (Wildman–Crippen MR) is 104 cm³/mol. The lowest BCUT2D eigenvalue weighted by molar-refractivity contribution is -0.140. The molecule has 1 amide bonds. The normalized spacial score (nSPS) is 22.8. The van der Waals surface area contributed by atoms with Crippen LogP contribution in [-0.4, -0.2) is 51.4 Å². The van der Waals surface area contributed by atoms with Crippen molar-refractivity contribution < 1.29 is 9.53 Å². The van der Waals surface area contributed by atoms with E-state index in [1.54, 1.807) is 23.0 Å². The van der Waals surface area contributed by atoms with E-state index in [4.69, 9.17) is 9.72 Å². The Kier molecular flexibility index (Phi) is 4.83. The van der Waals surface area contributed by atoms with Gasteiger partial charge in [-0.1, -0.05) is 11.8 Å². The minimum atomic E-state index is 0.0120. The third-order valence-electron chi connectivity index (χ3n) is 5.00. The topological polar surface area (TPSA) is 64.4 Å². The number of morpholine rings is 1. The average molecular weight is 394 g/mol. The molecule has 3 heterocycles. The summed E-state index contributed by atoms with van der Waals surface area (Å²) in [5, 5.41) is 1.40. The van der Waals surface area contributed by atoms with Crippen molar-refractivity contribution >= 4 is 39.2 Å². The molecule has 2 aromatic heterocycles. The number of thiophene rings is 1. The van der Waals surface area contributed by atoms with Gasteiger partial charge in [-0.15, -0.1) is 11.3 Å². The first-order valence-electron chi connectivity index (χ1n) is 9.01. The van der Waals surface area contributed by atoms with Gasteiger partial charge in [0.15, 0.2) is 5.16 Å². The first-order valence-corrected chi connectivity index (χ1v) is 10.8. The molecule has 0 saturated carbocycles. The van der Waals surface area contributed by atoms with Gasteiger partial charge in [-0.25, -0.2) is 4.98 Å². The van der Waals surface area contributed by atoms with Gasteiger partial charge >= 0.3 is 0 Å². The van der Waals surface area contributed by atoms with Crippen LogP contribution < -0.4 is 5.56 Å². The molecule has 6 nitrogen and oxygen atoms in total. The first-order chi connectivity index (χ1) is 12.4. The Hall–Kier alpha value is -1.38. The van der Waals surface area contributed by atoms with Gasteiger partial charge in [-0.05, 0) is 38.7 Å². The van der Waals surface area contributed by atoms with Crippen molar-refractivity contribution in [3.8, 4) is 0 Å². The molecule has 1 aliphatic carbocycles. The maximum Gasteiger partial charge on any atom is 0.262 e. The number of carbonyl (C=O) groups excluding carboxylic acids is 1. The molecule has 0 aromatic carbocycles. The van der Waals surface area contributed by atoms with Gasteiger partial charge in [0.1, 0.15) is 4.83 Å². The SMILES string of the molecule is CC1CN(C(=O)CSc2nc3sc4c(c3c(=O)n2C)CCC4)CC(C)O1. The van der Waals surface area contributed by atoms with Gasteiger partial charge in [-0.3, -0.25) is 14.2 Å². The van der Waals surface area contributed by atoms with Crippen LogP contribution in [0.25, 0.3) is 10.2 Å². The number of thioether (sulfide) groups is 1. The number of aromatic nitrogens is 2. The molecule has 0 N–H and O–H groups in total. The van der Waals surface area contributed by atoms with Gasteiger partial charge in [0.2, 0.25) is 5.91 Å². The van der Waals surface area contributed by atoms with Gasteiger partial charge in [-0.2, -0.15) is 0 Å². The van der Waals surface area contributed by atoms with Crippen LogP contribution >= 0.6 is 23.1 Å². The smallest absolute Gasteiger partial charge is 0.262 e. The van der Waals surface area contributed by atoms with E-state index < -0.39 is 0 Å². The Balaban J connectivity index is 1.53. The van der Waals surface area contributed by atoms with Crippen LogP contribution in [0.5, 0.6) is 0 Å². The maximum atomic E-state index is 12.8. The number of fused-ring (bicyclic) bond motifs is 3. The zero-order valence-corrected chi connectivity index (χ0v) is 16.9. The minimum absolute atomic E-state index is 0.0120. The highest BCUT2D eigenvalue weighted by Gasteiger charge is 2.27. The number of nitrogens with zero attached hydrogens (tertiary/aromatic N) is 3. The largest absolute Gasteiger partial charge is 0.372 e. The first kappa shape index (κ1) is 18.0. The Labute approximate surface area is 160 Å². The van der Waals surface area contributed by atoms with Crippen LogP contribution in [0.15, 0.2) is 9.95 Å². The predicted octanol–water partition coefficient (Wildman–Crippen LogP) is 2.21. The van der Waals surface area contributed by atoms with Gasteiger partial charge in [0.25, 0.3) is 5.56 Å². The second-order valence-electron chi connectivity index (χ2n) is 7.14. The maximum absolute atomic E-state index is 12.8. The van der Waals surface area contributed by atoms with Crippen molar-refractivity contribution in [3.05, 3.63) is 20.8 Å². The quantitative estimate of drug-likeness (QED) is 0.591. The molecule has 2 aliphatic rings. The molecule has 2 atom stereocenters. The highest BCUT2D eigenvalue weighted by atomic mass is 32.2. The lowest BCUT2D eigenvalue weighted by Gasteiger charge is -2.35. The monoisotopic (exact) mass is 393 g/mol. The van der Waals surface area contributed by atoms with E-state index in [1.165, 1.54) is 22.2 Å². The number of carbonyl (C=O) groups is 1. The summed E-state index contributed by atoms with van der Waals surface area (Å²) >= 11 is 2.98. The minimum Gasteiger partial charge on any atom is -0.372 e. The number of ether oxygens (including phenoxy) is 1. The van der Waals surface area contributed by atoms with Crippen LogP contribution in [0.4, 0.5) is 0 Å². The third kappa shape index (κ3) is 3.18. The Morgan fingerprint density at radius 1 is 1.31 bits per heavy atom. The van der Waals surface area contributed by atoms with Crippen molar-refractivity contribution in [2.75, 3.05) is 18.8 Å². The van der Waals surface area contributed by atoms with E-state index >= 15 is 0 Å². The van der Waals surface area contributed by atoms with E-state index in [0.29, 0.717) is 18.2 Å². The van der Waals surface area contributed by atoms with Crippen LogP contribution in [0.3, 0.4) is 0 Å². The zero-order valence-electron chi connectivity index (χ0n) is 15.3. The Morgan fingerprint density at radius 2 is 2.04 bits per heavy atom. The van der Waals surface area contributed by atoms with Crippen LogP contribution in [0, 0.1) is 0 Å². The molecule has 26 heavy (non-hydrogen) atoms. The molecule has 0 radical (unpaired) electrons. The average Bonchev–Trinajstić information content (AvgIpc) is 3.16. The summed E-state index contributed by atoms with van der Waals surface area (Å²) in [6.45, 7) is 5.20. The lowest BCUT2D eigenvalue weighted by Crippen LogP contribution is -2.48. The van der Waals surface area contributed by atoms with Crippen molar-refractivity contribution in [1.29, 1.82) is 0 Å². The number of hydrogen-bond acceptors (Lipinski definition) is 6. The Morgan fingerprint density at radius 3 is 2.77 bits per heavy atom. The number of rotatable bonds is 3. The molecular formula is C18H23N3O3S2. The summed E-state index contributed by atoms with van der Waals surface area (Å²) in [7, 11) is 1.75. The fourth-order valence-electron chi connectivity index (χ4n) is 3.83. The molecular weight excluding hydrogens is 370 g/mol.